The summed E-state index contributed by atoms with van der Waals surface area (Å²) in [7, 11) is 0. The summed E-state index contributed by atoms with van der Waals surface area (Å²) in [6, 6.07) is 2.24. The average Bonchev–Trinajstić information content (AvgIpc) is 3.39. The SMILES string of the molecule is C=CCn1c(C)nnc1SCC(=O)Nc1c(C#N)c(C)c(C)n1C[C@@H]1CCCO1. The molecule has 0 saturated carbocycles. The molecule has 2 aromatic heterocycles. The molecule has 0 aliphatic carbocycles. The normalized spacial score (nSPS) is 16.0. The van der Waals surface area contributed by atoms with Gasteiger partial charge in [0.2, 0.25) is 5.91 Å². The molecule has 2 aromatic rings. The van der Waals surface area contributed by atoms with Crippen molar-refractivity contribution in [2.75, 3.05) is 17.7 Å². The standard InChI is InChI=1S/C20H26N6O2S/c1-5-8-25-15(4)23-24-20(25)29-12-18(27)22-19-17(10-21)13(2)14(3)26(19)11-16-7-6-9-28-16/h5,16H,1,6-9,11-12H2,2-4H3,(H,22,27)/t16-/m0/s1. The van der Waals surface area contributed by atoms with Crippen LogP contribution >= 0.6 is 11.8 Å². The summed E-state index contributed by atoms with van der Waals surface area (Å²) in [6.45, 7) is 11.5. The molecule has 0 unspecified atom stereocenters. The second-order valence-corrected chi connectivity index (χ2v) is 8.00. The maximum absolute atomic E-state index is 12.7. The first-order valence-electron chi connectivity index (χ1n) is 9.61. The maximum Gasteiger partial charge on any atom is 0.235 e. The second-order valence-electron chi connectivity index (χ2n) is 7.06. The van der Waals surface area contributed by atoms with Gasteiger partial charge in [0.1, 0.15) is 17.7 Å². The highest BCUT2D eigenvalue weighted by molar-refractivity contribution is 7.99. The molecule has 1 atom stereocenters. The van der Waals surface area contributed by atoms with E-state index in [-0.39, 0.29) is 17.8 Å². The molecule has 3 rings (SSSR count). The Bertz CT molecular complexity index is 949. The molecule has 154 valence electrons. The van der Waals surface area contributed by atoms with Crippen LogP contribution in [-0.2, 0) is 22.6 Å². The van der Waals surface area contributed by atoms with Crippen molar-refractivity contribution in [3.63, 3.8) is 0 Å². The number of ether oxygens (including phenoxy) is 1. The fourth-order valence-electron chi connectivity index (χ4n) is 3.46. The molecule has 9 heteroatoms. The van der Waals surface area contributed by atoms with Crippen molar-refractivity contribution in [1.82, 2.24) is 19.3 Å². The lowest BCUT2D eigenvalue weighted by molar-refractivity contribution is -0.113. The Morgan fingerprint density at radius 3 is 2.86 bits per heavy atom. The van der Waals surface area contributed by atoms with E-state index in [4.69, 9.17) is 4.74 Å². The summed E-state index contributed by atoms with van der Waals surface area (Å²) < 4.78 is 9.65. The predicted octanol–water partition coefficient (Wildman–Crippen LogP) is 2.97. The minimum Gasteiger partial charge on any atom is -0.376 e. The third-order valence-corrected chi connectivity index (χ3v) is 6.12. The van der Waals surface area contributed by atoms with E-state index in [0.29, 0.717) is 29.6 Å². The highest BCUT2D eigenvalue weighted by Crippen LogP contribution is 2.29. The lowest BCUT2D eigenvalue weighted by Gasteiger charge is -2.16. The van der Waals surface area contributed by atoms with Gasteiger partial charge in [-0.15, -0.1) is 16.8 Å². The van der Waals surface area contributed by atoms with E-state index in [9.17, 15) is 10.1 Å². The molecule has 1 aliphatic heterocycles. The molecule has 0 spiro atoms. The average molecular weight is 415 g/mol. The van der Waals surface area contributed by atoms with Crippen LogP contribution in [0.3, 0.4) is 0 Å². The number of aryl methyl sites for hydroxylation is 1. The second kappa shape index (κ2) is 9.29. The van der Waals surface area contributed by atoms with E-state index in [1.54, 1.807) is 6.08 Å². The van der Waals surface area contributed by atoms with Crippen LogP contribution in [0, 0.1) is 32.1 Å². The van der Waals surface area contributed by atoms with Crippen LogP contribution in [0.15, 0.2) is 17.8 Å². The van der Waals surface area contributed by atoms with Crippen LogP contribution in [0.1, 0.15) is 35.5 Å². The third-order valence-electron chi connectivity index (χ3n) is 5.15. The minimum absolute atomic E-state index is 0.109. The number of carbonyl (C=O) groups is 1. The fourth-order valence-corrected chi connectivity index (χ4v) is 4.25. The molecule has 8 nitrogen and oxygen atoms in total. The molecule has 1 N–H and O–H groups in total. The van der Waals surface area contributed by atoms with Gasteiger partial charge in [-0.1, -0.05) is 17.8 Å². The number of allylic oxidation sites excluding steroid dienone is 1. The Labute approximate surface area is 174 Å². The van der Waals surface area contributed by atoms with E-state index in [1.807, 2.05) is 29.9 Å². The molecule has 1 amide bonds. The van der Waals surface area contributed by atoms with E-state index in [0.717, 1.165) is 36.5 Å². The quantitative estimate of drug-likeness (QED) is 0.527. The van der Waals surface area contributed by atoms with Crippen LogP contribution in [-0.4, -0.2) is 43.7 Å². The number of nitrogens with zero attached hydrogens (tertiary/aromatic N) is 5. The van der Waals surface area contributed by atoms with Gasteiger partial charge < -0.3 is 19.2 Å². The Kier molecular flexibility index (Phi) is 6.77. The first-order chi connectivity index (χ1) is 14.0. The van der Waals surface area contributed by atoms with Crippen molar-refractivity contribution in [1.29, 1.82) is 5.26 Å². The molecule has 1 fully saturated rings. The Morgan fingerprint density at radius 2 is 2.21 bits per heavy atom. The molecular formula is C20H26N6O2S. The van der Waals surface area contributed by atoms with Gasteiger partial charge in [-0.05, 0) is 39.2 Å². The summed E-state index contributed by atoms with van der Waals surface area (Å²) >= 11 is 1.31. The van der Waals surface area contributed by atoms with Crippen molar-refractivity contribution >= 4 is 23.5 Å². The number of anilines is 1. The Morgan fingerprint density at radius 1 is 1.41 bits per heavy atom. The number of hydrogen-bond acceptors (Lipinski definition) is 6. The summed E-state index contributed by atoms with van der Waals surface area (Å²) in [6.07, 6.45) is 3.90. The number of nitrogens with one attached hydrogen (secondary N) is 1. The molecule has 0 bridgehead atoms. The predicted molar refractivity (Wildman–Crippen MR) is 112 cm³/mol. The van der Waals surface area contributed by atoms with Crippen LogP contribution in [0.5, 0.6) is 0 Å². The summed E-state index contributed by atoms with van der Waals surface area (Å²) in [5.74, 6) is 1.30. The van der Waals surface area contributed by atoms with Crippen molar-refractivity contribution in [3.05, 3.63) is 35.3 Å². The molecule has 0 aromatic carbocycles. The fraction of sp³-hybridized carbons (Fsp3) is 0.500. The molecule has 0 radical (unpaired) electrons. The number of aromatic nitrogens is 4. The van der Waals surface area contributed by atoms with Crippen molar-refractivity contribution in [2.24, 2.45) is 0 Å². The van der Waals surface area contributed by atoms with Gasteiger partial charge in [-0.2, -0.15) is 5.26 Å². The number of amides is 1. The minimum atomic E-state index is -0.191. The van der Waals surface area contributed by atoms with Crippen LogP contribution in [0.25, 0.3) is 0 Å². The van der Waals surface area contributed by atoms with Gasteiger partial charge in [-0.3, -0.25) is 4.79 Å². The van der Waals surface area contributed by atoms with Gasteiger partial charge in [0, 0.05) is 18.8 Å². The smallest absolute Gasteiger partial charge is 0.235 e. The largest absolute Gasteiger partial charge is 0.376 e. The van der Waals surface area contributed by atoms with Gasteiger partial charge in [0.25, 0.3) is 0 Å². The summed E-state index contributed by atoms with van der Waals surface area (Å²) in [5.41, 5.74) is 2.36. The van der Waals surface area contributed by atoms with Crippen LogP contribution < -0.4 is 5.32 Å². The zero-order valence-corrected chi connectivity index (χ0v) is 17.9. The third kappa shape index (κ3) is 4.54. The van der Waals surface area contributed by atoms with E-state index in [2.05, 4.69) is 28.2 Å². The van der Waals surface area contributed by atoms with E-state index >= 15 is 0 Å². The highest BCUT2D eigenvalue weighted by atomic mass is 32.2. The molecular weight excluding hydrogens is 388 g/mol. The lowest BCUT2D eigenvalue weighted by Crippen LogP contribution is -2.22. The van der Waals surface area contributed by atoms with Crippen LogP contribution in [0.4, 0.5) is 5.82 Å². The first kappa shape index (κ1) is 21.1. The summed E-state index contributed by atoms with van der Waals surface area (Å²) in [4.78, 5) is 12.7. The van der Waals surface area contributed by atoms with Gasteiger partial charge in [-0.25, -0.2) is 0 Å². The monoisotopic (exact) mass is 414 g/mol. The Hall–Kier alpha value is -2.57. The zero-order chi connectivity index (χ0) is 21.0. The Balaban J connectivity index is 1.75. The van der Waals surface area contributed by atoms with Crippen LogP contribution in [0.2, 0.25) is 0 Å². The van der Waals surface area contributed by atoms with Gasteiger partial charge >= 0.3 is 0 Å². The first-order valence-corrected chi connectivity index (χ1v) is 10.6. The highest BCUT2D eigenvalue weighted by Gasteiger charge is 2.24. The van der Waals surface area contributed by atoms with Crippen molar-refractivity contribution in [3.8, 4) is 6.07 Å². The number of hydrogen-bond donors (Lipinski definition) is 1. The molecule has 29 heavy (non-hydrogen) atoms. The van der Waals surface area contributed by atoms with Gasteiger partial charge in [0.15, 0.2) is 5.16 Å². The van der Waals surface area contributed by atoms with E-state index < -0.39 is 0 Å². The number of rotatable bonds is 8. The maximum atomic E-state index is 12.7. The van der Waals surface area contributed by atoms with Crippen molar-refractivity contribution < 1.29 is 9.53 Å². The molecule has 1 aliphatic rings. The summed E-state index contributed by atoms with van der Waals surface area (Å²) in [5, 5.41) is 21.4. The lowest BCUT2D eigenvalue weighted by atomic mass is 10.2. The van der Waals surface area contributed by atoms with Gasteiger partial charge in [0.05, 0.1) is 24.0 Å². The molecule has 3 heterocycles. The zero-order valence-electron chi connectivity index (χ0n) is 17.1. The number of thioether (sulfide) groups is 1. The van der Waals surface area contributed by atoms with E-state index in [1.165, 1.54) is 11.8 Å². The number of nitriles is 1. The topological polar surface area (TPSA) is 97.8 Å². The molecule has 1 saturated heterocycles. The van der Waals surface area contributed by atoms with Crippen molar-refractivity contribution in [2.45, 2.75) is 58.0 Å². The number of carbonyl (C=O) groups excluding carboxylic acids is 1.